The third-order valence-corrected chi connectivity index (χ3v) is 5.55. The maximum Gasteiger partial charge on any atom is 0.263 e. The van der Waals surface area contributed by atoms with Crippen molar-refractivity contribution >= 4 is 39.9 Å². The van der Waals surface area contributed by atoms with Crippen LogP contribution in [0.25, 0.3) is 0 Å². The summed E-state index contributed by atoms with van der Waals surface area (Å²) in [6.07, 6.45) is 4.13. The standard InChI is InChI=1S/C18H19N3OS2/c1-20(2)16-8-9-19-11-15(16)17(22)21-14(12-24-18(21)23)10-13-6-4-3-5-7-13/h3-9,11,14H,10,12H2,1-2H3/t14-/m0/s1. The first-order chi connectivity index (χ1) is 11.6. The summed E-state index contributed by atoms with van der Waals surface area (Å²) in [6.45, 7) is 0. The minimum Gasteiger partial charge on any atom is -0.377 e. The zero-order valence-corrected chi connectivity index (χ0v) is 15.3. The molecule has 0 aliphatic carbocycles. The molecule has 1 aromatic heterocycles. The number of aromatic nitrogens is 1. The fraction of sp³-hybridized carbons (Fsp3) is 0.278. The van der Waals surface area contributed by atoms with Gasteiger partial charge in [-0.05, 0) is 18.1 Å². The van der Waals surface area contributed by atoms with E-state index in [0.29, 0.717) is 9.88 Å². The molecule has 0 spiro atoms. The predicted octanol–water partition coefficient (Wildman–Crippen LogP) is 3.23. The molecule has 124 valence electrons. The van der Waals surface area contributed by atoms with E-state index in [2.05, 4.69) is 17.1 Å². The summed E-state index contributed by atoms with van der Waals surface area (Å²) in [5, 5.41) is 0. The largest absolute Gasteiger partial charge is 0.377 e. The Morgan fingerprint density at radius 3 is 2.79 bits per heavy atom. The van der Waals surface area contributed by atoms with Crippen LogP contribution in [0.15, 0.2) is 48.8 Å². The van der Waals surface area contributed by atoms with Gasteiger partial charge in [-0.15, -0.1) is 0 Å². The van der Waals surface area contributed by atoms with Crippen molar-refractivity contribution in [3.05, 3.63) is 59.9 Å². The first kappa shape index (κ1) is 16.9. The van der Waals surface area contributed by atoms with Crippen LogP contribution in [0.4, 0.5) is 5.69 Å². The molecule has 2 heterocycles. The Kier molecular flexibility index (Phi) is 5.16. The molecule has 4 nitrogen and oxygen atoms in total. The second kappa shape index (κ2) is 7.32. The molecule has 3 rings (SSSR count). The highest BCUT2D eigenvalue weighted by atomic mass is 32.2. The molecule has 0 radical (unpaired) electrons. The van der Waals surface area contributed by atoms with E-state index in [9.17, 15) is 4.79 Å². The van der Waals surface area contributed by atoms with Gasteiger partial charge in [-0.2, -0.15) is 0 Å². The summed E-state index contributed by atoms with van der Waals surface area (Å²) in [7, 11) is 3.84. The molecule has 2 aromatic rings. The number of carbonyl (C=O) groups excluding carboxylic acids is 1. The van der Waals surface area contributed by atoms with Crippen molar-refractivity contribution in [1.82, 2.24) is 9.88 Å². The monoisotopic (exact) mass is 357 g/mol. The molecule has 0 N–H and O–H groups in total. The highest BCUT2D eigenvalue weighted by Crippen LogP contribution is 2.30. The van der Waals surface area contributed by atoms with Gasteiger partial charge >= 0.3 is 0 Å². The Bertz CT molecular complexity index is 749. The number of benzene rings is 1. The summed E-state index contributed by atoms with van der Waals surface area (Å²) >= 11 is 7.03. The molecular weight excluding hydrogens is 338 g/mol. The topological polar surface area (TPSA) is 36.4 Å². The maximum atomic E-state index is 13.1. The van der Waals surface area contributed by atoms with E-state index in [1.54, 1.807) is 29.1 Å². The number of amides is 1. The third kappa shape index (κ3) is 3.44. The van der Waals surface area contributed by atoms with Gasteiger partial charge in [0, 0.05) is 32.2 Å². The van der Waals surface area contributed by atoms with E-state index >= 15 is 0 Å². The summed E-state index contributed by atoms with van der Waals surface area (Å²) in [6, 6.07) is 12.1. The Morgan fingerprint density at radius 2 is 2.08 bits per heavy atom. The van der Waals surface area contributed by atoms with Gasteiger partial charge in [-0.3, -0.25) is 14.7 Å². The summed E-state index contributed by atoms with van der Waals surface area (Å²) < 4.78 is 0.648. The van der Waals surface area contributed by atoms with Crippen molar-refractivity contribution in [3.63, 3.8) is 0 Å². The van der Waals surface area contributed by atoms with E-state index in [1.165, 1.54) is 5.56 Å². The Labute approximate surface area is 151 Å². The molecule has 1 fully saturated rings. The average Bonchev–Trinajstić information content (AvgIpc) is 2.95. The van der Waals surface area contributed by atoms with Gasteiger partial charge in [-0.25, -0.2) is 0 Å². The number of nitrogens with zero attached hydrogens (tertiary/aromatic N) is 3. The maximum absolute atomic E-state index is 13.1. The van der Waals surface area contributed by atoms with Crippen LogP contribution in [0, 0.1) is 0 Å². The van der Waals surface area contributed by atoms with Crippen molar-refractivity contribution in [2.75, 3.05) is 24.7 Å². The van der Waals surface area contributed by atoms with Gasteiger partial charge in [0.25, 0.3) is 5.91 Å². The molecule has 0 unspecified atom stereocenters. The van der Waals surface area contributed by atoms with Crippen molar-refractivity contribution in [2.24, 2.45) is 0 Å². The Hall–Kier alpha value is -1.92. The van der Waals surface area contributed by atoms with Crippen LogP contribution in [0.5, 0.6) is 0 Å². The van der Waals surface area contributed by atoms with Crippen LogP contribution in [0.1, 0.15) is 15.9 Å². The van der Waals surface area contributed by atoms with E-state index < -0.39 is 0 Å². The minimum atomic E-state index is -0.0669. The molecule has 0 saturated carbocycles. The second-order valence-corrected chi connectivity index (χ2v) is 7.54. The smallest absolute Gasteiger partial charge is 0.263 e. The van der Waals surface area contributed by atoms with Crippen LogP contribution >= 0.6 is 24.0 Å². The van der Waals surface area contributed by atoms with Crippen LogP contribution < -0.4 is 4.90 Å². The lowest BCUT2D eigenvalue weighted by atomic mass is 10.1. The fourth-order valence-corrected chi connectivity index (χ4v) is 4.23. The first-order valence-electron chi connectivity index (χ1n) is 7.73. The molecule has 6 heteroatoms. The average molecular weight is 358 g/mol. The number of pyridine rings is 1. The molecule has 24 heavy (non-hydrogen) atoms. The number of carbonyl (C=O) groups is 1. The zero-order valence-electron chi connectivity index (χ0n) is 13.7. The molecule has 1 atom stereocenters. The first-order valence-corrected chi connectivity index (χ1v) is 9.13. The van der Waals surface area contributed by atoms with Crippen molar-refractivity contribution in [1.29, 1.82) is 0 Å². The summed E-state index contributed by atoms with van der Waals surface area (Å²) in [4.78, 5) is 21.0. The van der Waals surface area contributed by atoms with Crippen LogP contribution in [0.2, 0.25) is 0 Å². The normalized spacial score (nSPS) is 17.2. The van der Waals surface area contributed by atoms with Crippen molar-refractivity contribution in [2.45, 2.75) is 12.5 Å². The molecule has 1 amide bonds. The molecule has 1 saturated heterocycles. The molecule has 1 aliphatic rings. The van der Waals surface area contributed by atoms with Gasteiger partial charge < -0.3 is 4.90 Å². The number of thioether (sulfide) groups is 1. The number of hydrogen-bond acceptors (Lipinski definition) is 5. The van der Waals surface area contributed by atoms with Crippen LogP contribution in [-0.2, 0) is 6.42 Å². The van der Waals surface area contributed by atoms with E-state index in [0.717, 1.165) is 17.9 Å². The minimum absolute atomic E-state index is 0.0669. The number of anilines is 1. The van der Waals surface area contributed by atoms with E-state index in [1.807, 2.05) is 43.3 Å². The van der Waals surface area contributed by atoms with Gasteiger partial charge in [-0.1, -0.05) is 54.3 Å². The number of rotatable bonds is 4. The lowest BCUT2D eigenvalue weighted by Crippen LogP contribution is -2.40. The van der Waals surface area contributed by atoms with Gasteiger partial charge in [0.2, 0.25) is 0 Å². The summed E-state index contributed by atoms with van der Waals surface area (Å²) in [5.41, 5.74) is 2.66. The highest BCUT2D eigenvalue weighted by molar-refractivity contribution is 8.23. The van der Waals surface area contributed by atoms with Crippen LogP contribution in [-0.4, -0.2) is 46.0 Å². The number of thiocarbonyl (C=S) groups is 1. The molecular formula is C18H19N3OS2. The molecule has 1 aromatic carbocycles. The Balaban J connectivity index is 1.88. The van der Waals surface area contributed by atoms with E-state index in [-0.39, 0.29) is 11.9 Å². The lowest BCUT2D eigenvalue weighted by molar-refractivity contribution is 0.0824. The van der Waals surface area contributed by atoms with Gasteiger partial charge in [0.15, 0.2) is 0 Å². The third-order valence-electron chi connectivity index (χ3n) is 4.00. The zero-order chi connectivity index (χ0) is 17.1. The fourth-order valence-electron chi connectivity index (χ4n) is 2.82. The van der Waals surface area contributed by atoms with Crippen molar-refractivity contribution in [3.8, 4) is 0 Å². The summed E-state index contributed by atoms with van der Waals surface area (Å²) in [5.74, 6) is 0.763. The SMILES string of the molecule is CN(C)c1ccncc1C(=O)N1C(=S)SC[C@@H]1Cc1ccccc1. The van der Waals surface area contributed by atoms with E-state index in [4.69, 9.17) is 12.2 Å². The predicted molar refractivity (Wildman–Crippen MR) is 104 cm³/mol. The molecule has 0 bridgehead atoms. The lowest BCUT2D eigenvalue weighted by Gasteiger charge is -2.26. The second-order valence-electron chi connectivity index (χ2n) is 5.88. The van der Waals surface area contributed by atoms with Crippen LogP contribution in [0.3, 0.4) is 0 Å². The van der Waals surface area contributed by atoms with Gasteiger partial charge in [0.1, 0.15) is 4.32 Å². The molecule has 1 aliphatic heterocycles. The number of hydrogen-bond donors (Lipinski definition) is 0. The van der Waals surface area contributed by atoms with Gasteiger partial charge in [0.05, 0.1) is 17.3 Å². The quantitative estimate of drug-likeness (QED) is 0.785. The highest BCUT2D eigenvalue weighted by Gasteiger charge is 2.35. The van der Waals surface area contributed by atoms with Crippen molar-refractivity contribution < 1.29 is 4.79 Å². The Morgan fingerprint density at radius 1 is 1.33 bits per heavy atom.